The minimum atomic E-state index is 0.126. The van der Waals surface area contributed by atoms with Gasteiger partial charge in [-0.05, 0) is 26.0 Å². The van der Waals surface area contributed by atoms with Gasteiger partial charge in [0, 0.05) is 28.9 Å². The fourth-order valence-corrected chi connectivity index (χ4v) is 3.18. The predicted octanol–water partition coefficient (Wildman–Crippen LogP) is 5.18. The second-order valence-electron chi connectivity index (χ2n) is 5.56. The number of carbonyl (C=O) groups excluding carboxylic acids is 1. The van der Waals surface area contributed by atoms with Crippen molar-refractivity contribution in [1.29, 1.82) is 0 Å². The van der Waals surface area contributed by atoms with E-state index >= 15 is 0 Å². The Kier molecular flexibility index (Phi) is 6.90. The molecule has 130 valence electrons. The van der Waals surface area contributed by atoms with Gasteiger partial charge in [-0.15, -0.1) is 11.3 Å². The summed E-state index contributed by atoms with van der Waals surface area (Å²) in [5.41, 5.74) is 0.867. The van der Waals surface area contributed by atoms with Crippen LogP contribution in [0, 0.1) is 0 Å². The molecule has 0 spiro atoms. The zero-order valence-corrected chi connectivity index (χ0v) is 16.2. The molecule has 0 unspecified atom stereocenters. The number of halogens is 2. The van der Waals surface area contributed by atoms with Crippen molar-refractivity contribution in [3.05, 3.63) is 44.3 Å². The van der Waals surface area contributed by atoms with Crippen molar-refractivity contribution in [3.63, 3.8) is 0 Å². The van der Waals surface area contributed by atoms with Gasteiger partial charge < -0.3 is 9.64 Å². The van der Waals surface area contributed by atoms with Crippen LogP contribution in [0.15, 0.2) is 23.6 Å². The number of hydrogen-bond acceptors (Lipinski definition) is 4. The number of ether oxygens (including phenoxy) is 1. The van der Waals surface area contributed by atoms with Crippen LogP contribution in [0.3, 0.4) is 0 Å². The second-order valence-corrected chi connectivity index (χ2v) is 7.35. The van der Waals surface area contributed by atoms with Crippen molar-refractivity contribution in [1.82, 2.24) is 9.88 Å². The van der Waals surface area contributed by atoms with Crippen LogP contribution in [0.2, 0.25) is 10.0 Å². The molecule has 0 N–H and O–H groups in total. The Balaban J connectivity index is 2.00. The Morgan fingerprint density at radius 1 is 1.38 bits per heavy atom. The Morgan fingerprint density at radius 2 is 2.12 bits per heavy atom. The van der Waals surface area contributed by atoms with Crippen molar-refractivity contribution < 1.29 is 9.53 Å². The molecule has 1 aromatic heterocycles. The number of nitrogens with zero attached hydrogens (tertiary/aromatic N) is 2. The molecule has 0 saturated carbocycles. The fraction of sp³-hybridized carbons (Fsp3) is 0.412. The van der Waals surface area contributed by atoms with Gasteiger partial charge >= 0.3 is 0 Å². The Labute approximate surface area is 156 Å². The van der Waals surface area contributed by atoms with Gasteiger partial charge in [0.25, 0.3) is 0 Å². The molecule has 2 aromatic rings. The number of amides is 1. The van der Waals surface area contributed by atoms with E-state index in [1.165, 1.54) is 11.3 Å². The third kappa shape index (κ3) is 5.10. The summed E-state index contributed by atoms with van der Waals surface area (Å²) in [6.07, 6.45) is 0.492. The lowest BCUT2D eigenvalue weighted by molar-refractivity contribution is -0.133. The maximum absolute atomic E-state index is 12.0. The fourth-order valence-electron chi connectivity index (χ4n) is 2.15. The number of carbonyl (C=O) groups is 1. The zero-order chi connectivity index (χ0) is 17.7. The van der Waals surface area contributed by atoms with E-state index in [0.717, 1.165) is 10.7 Å². The lowest BCUT2D eigenvalue weighted by Gasteiger charge is -2.25. The smallest absolute Gasteiger partial charge is 0.222 e. The highest BCUT2D eigenvalue weighted by atomic mass is 35.5. The van der Waals surface area contributed by atoms with Gasteiger partial charge in [0.2, 0.25) is 5.91 Å². The Bertz CT molecular complexity index is 704. The number of aromatic nitrogens is 1. The maximum atomic E-state index is 12.0. The van der Waals surface area contributed by atoms with Crippen LogP contribution in [0.25, 0.3) is 0 Å². The van der Waals surface area contributed by atoms with Crippen molar-refractivity contribution in [2.24, 2.45) is 0 Å². The zero-order valence-electron chi connectivity index (χ0n) is 13.9. The highest BCUT2D eigenvalue weighted by Gasteiger charge is 2.17. The van der Waals surface area contributed by atoms with E-state index in [-0.39, 0.29) is 11.9 Å². The maximum Gasteiger partial charge on any atom is 0.222 e. The summed E-state index contributed by atoms with van der Waals surface area (Å²) in [5, 5.41) is 3.86. The quantitative estimate of drug-likeness (QED) is 0.658. The minimum Gasteiger partial charge on any atom is -0.485 e. The normalized spacial score (nSPS) is 10.9. The lowest BCUT2D eigenvalue weighted by Crippen LogP contribution is -2.35. The molecule has 1 amide bonds. The lowest BCUT2D eigenvalue weighted by atomic mass is 10.2. The highest BCUT2D eigenvalue weighted by Crippen LogP contribution is 2.28. The van der Waals surface area contributed by atoms with Gasteiger partial charge in [0.1, 0.15) is 17.4 Å². The molecule has 0 saturated heterocycles. The molecular formula is C17H20Cl2N2O2S. The predicted molar refractivity (Wildman–Crippen MR) is 98.9 cm³/mol. The van der Waals surface area contributed by atoms with Gasteiger partial charge in [-0.2, -0.15) is 0 Å². The summed E-state index contributed by atoms with van der Waals surface area (Å²) in [7, 11) is 0. The molecule has 4 nitrogen and oxygen atoms in total. The summed E-state index contributed by atoms with van der Waals surface area (Å²) in [6.45, 7) is 6.70. The van der Waals surface area contributed by atoms with Crippen molar-refractivity contribution >= 4 is 40.4 Å². The highest BCUT2D eigenvalue weighted by molar-refractivity contribution is 7.09. The Hall–Kier alpha value is -1.30. The van der Waals surface area contributed by atoms with Crippen LogP contribution in [0.1, 0.15) is 37.9 Å². The van der Waals surface area contributed by atoms with Gasteiger partial charge in [-0.25, -0.2) is 4.98 Å². The first-order valence-electron chi connectivity index (χ1n) is 7.71. The third-order valence-electron chi connectivity index (χ3n) is 3.42. The molecule has 0 radical (unpaired) electrons. The number of rotatable bonds is 7. The van der Waals surface area contributed by atoms with Crippen LogP contribution >= 0.6 is 34.5 Å². The van der Waals surface area contributed by atoms with E-state index in [1.807, 2.05) is 31.1 Å². The molecule has 0 atom stereocenters. The topological polar surface area (TPSA) is 42.4 Å². The van der Waals surface area contributed by atoms with E-state index < -0.39 is 0 Å². The van der Waals surface area contributed by atoms with E-state index in [1.54, 1.807) is 18.2 Å². The molecule has 0 aliphatic carbocycles. The SMILES string of the molecule is CCC(=O)N(Cc1csc(COc2cc(Cl)ccc2Cl)n1)C(C)C. The summed E-state index contributed by atoms with van der Waals surface area (Å²) < 4.78 is 5.69. The van der Waals surface area contributed by atoms with Crippen LogP contribution in [-0.2, 0) is 17.9 Å². The first-order valence-corrected chi connectivity index (χ1v) is 9.34. The molecule has 0 aliphatic heterocycles. The molecule has 0 fully saturated rings. The van der Waals surface area contributed by atoms with Crippen LogP contribution in [-0.4, -0.2) is 21.8 Å². The van der Waals surface area contributed by atoms with E-state index in [9.17, 15) is 4.79 Å². The first-order chi connectivity index (χ1) is 11.4. The molecule has 0 bridgehead atoms. The molecule has 1 heterocycles. The summed E-state index contributed by atoms with van der Waals surface area (Å²) >= 11 is 13.5. The van der Waals surface area contributed by atoms with Crippen molar-refractivity contribution in [2.75, 3.05) is 0 Å². The molecule has 0 aliphatic rings. The van der Waals surface area contributed by atoms with Gasteiger partial charge in [-0.3, -0.25) is 4.79 Å². The Morgan fingerprint density at radius 3 is 2.79 bits per heavy atom. The van der Waals surface area contributed by atoms with Gasteiger partial charge in [-0.1, -0.05) is 30.1 Å². The average molecular weight is 387 g/mol. The van der Waals surface area contributed by atoms with Crippen molar-refractivity contribution in [2.45, 2.75) is 46.4 Å². The van der Waals surface area contributed by atoms with Crippen LogP contribution in [0.4, 0.5) is 0 Å². The largest absolute Gasteiger partial charge is 0.485 e. The second kappa shape index (κ2) is 8.70. The number of thiazole rings is 1. The summed E-state index contributed by atoms with van der Waals surface area (Å²) in [4.78, 5) is 18.4. The van der Waals surface area contributed by atoms with Gasteiger partial charge in [0.05, 0.1) is 17.3 Å². The molecular weight excluding hydrogens is 367 g/mol. The van der Waals surface area contributed by atoms with Crippen LogP contribution < -0.4 is 4.74 Å². The summed E-state index contributed by atoms with van der Waals surface area (Å²) in [5.74, 6) is 0.660. The third-order valence-corrected chi connectivity index (χ3v) is 4.84. The molecule has 7 heteroatoms. The standard InChI is InChI=1S/C17H20Cl2N2O2S/c1-4-17(22)21(11(2)3)8-13-10-24-16(20-13)9-23-15-7-12(18)5-6-14(15)19/h5-7,10-11H,4,8-9H2,1-3H3. The van der Waals surface area contributed by atoms with E-state index in [2.05, 4.69) is 4.98 Å². The number of hydrogen-bond donors (Lipinski definition) is 0. The summed E-state index contributed by atoms with van der Waals surface area (Å²) in [6, 6.07) is 5.23. The monoisotopic (exact) mass is 386 g/mol. The van der Waals surface area contributed by atoms with Gasteiger partial charge in [0.15, 0.2) is 0 Å². The average Bonchev–Trinajstić information content (AvgIpc) is 3.00. The van der Waals surface area contributed by atoms with Crippen LogP contribution in [0.5, 0.6) is 5.75 Å². The van der Waals surface area contributed by atoms with Crippen molar-refractivity contribution in [3.8, 4) is 5.75 Å². The molecule has 1 aromatic carbocycles. The molecule has 24 heavy (non-hydrogen) atoms. The first kappa shape index (κ1) is 19.0. The molecule has 2 rings (SSSR count). The number of benzene rings is 1. The van der Waals surface area contributed by atoms with E-state index in [0.29, 0.717) is 35.4 Å². The van der Waals surface area contributed by atoms with E-state index in [4.69, 9.17) is 27.9 Å². The minimum absolute atomic E-state index is 0.126.